The van der Waals surface area contributed by atoms with Gasteiger partial charge in [-0.25, -0.2) is 0 Å². The molecular formula is C17H33NO2. The minimum atomic E-state index is 0.209. The summed E-state index contributed by atoms with van der Waals surface area (Å²) < 4.78 is 12.2. The lowest BCUT2D eigenvalue weighted by molar-refractivity contribution is -0.108. The van der Waals surface area contributed by atoms with Gasteiger partial charge in [-0.2, -0.15) is 0 Å². The molecule has 0 radical (unpaired) electrons. The lowest BCUT2D eigenvalue weighted by Gasteiger charge is -2.43. The van der Waals surface area contributed by atoms with Gasteiger partial charge >= 0.3 is 0 Å². The van der Waals surface area contributed by atoms with Crippen LogP contribution in [-0.4, -0.2) is 38.0 Å². The van der Waals surface area contributed by atoms with Gasteiger partial charge < -0.3 is 14.8 Å². The summed E-state index contributed by atoms with van der Waals surface area (Å²) in [4.78, 5) is 0. The number of hydrogen-bond donors (Lipinski definition) is 1. The Morgan fingerprint density at radius 1 is 1.30 bits per heavy atom. The van der Waals surface area contributed by atoms with Crippen LogP contribution in [0, 0.1) is 5.92 Å². The van der Waals surface area contributed by atoms with Crippen molar-refractivity contribution < 1.29 is 9.47 Å². The number of likely N-dealkylation sites (N-methyl/N-ethyl adjacent to an activating group) is 1. The zero-order chi connectivity index (χ0) is 14.4. The molecule has 1 aliphatic carbocycles. The molecule has 0 bridgehead atoms. The second-order valence-electron chi connectivity index (χ2n) is 6.59. The molecule has 0 aromatic carbocycles. The zero-order valence-corrected chi connectivity index (χ0v) is 13.6. The van der Waals surface area contributed by atoms with Gasteiger partial charge in [0.2, 0.25) is 0 Å². The molecule has 0 aromatic rings. The Kier molecular flexibility index (Phi) is 6.31. The Balaban J connectivity index is 2.01. The summed E-state index contributed by atoms with van der Waals surface area (Å²) in [5.74, 6) is 0.704. The first kappa shape index (κ1) is 16.3. The summed E-state index contributed by atoms with van der Waals surface area (Å²) >= 11 is 0. The van der Waals surface area contributed by atoms with E-state index in [0.717, 1.165) is 19.6 Å². The Morgan fingerprint density at radius 3 is 2.65 bits per heavy atom. The van der Waals surface area contributed by atoms with Crippen LogP contribution in [0.1, 0.15) is 65.2 Å². The molecule has 1 aliphatic heterocycles. The van der Waals surface area contributed by atoms with Gasteiger partial charge in [-0.05, 0) is 52.0 Å². The quantitative estimate of drug-likeness (QED) is 0.775. The van der Waals surface area contributed by atoms with Crippen molar-refractivity contribution in [2.24, 2.45) is 5.92 Å². The van der Waals surface area contributed by atoms with E-state index in [4.69, 9.17) is 9.47 Å². The van der Waals surface area contributed by atoms with E-state index in [1.54, 1.807) is 0 Å². The van der Waals surface area contributed by atoms with Crippen molar-refractivity contribution in [1.82, 2.24) is 5.32 Å². The maximum absolute atomic E-state index is 6.18. The number of nitrogens with one attached hydrogen (secondary N) is 1. The summed E-state index contributed by atoms with van der Waals surface area (Å²) in [5, 5.41) is 3.57. The monoisotopic (exact) mass is 283 g/mol. The third kappa shape index (κ3) is 3.75. The van der Waals surface area contributed by atoms with Crippen LogP contribution < -0.4 is 5.32 Å². The fourth-order valence-electron chi connectivity index (χ4n) is 4.33. The maximum atomic E-state index is 6.18. The molecule has 118 valence electrons. The standard InChI is InChI=1S/C17H33NO2/c1-4-8-15(19-5-2)16(18-3)14-9-12-20-17(13-14)10-6-7-11-17/h14-16,18H,4-13H2,1-3H3. The highest BCUT2D eigenvalue weighted by molar-refractivity contribution is 4.96. The van der Waals surface area contributed by atoms with Gasteiger partial charge in [0.1, 0.15) is 0 Å². The lowest BCUT2D eigenvalue weighted by atomic mass is 9.78. The van der Waals surface area contributed by atoms with E-state index in [0.29, 0.717) is 18.1 Å². The van der Waals surface area contributed by atoms with Crippen molar-refractivity contribution in [2.45, 2.75) is 83.0 Å². The molecule has 1 spiro atoms. The summed E-state index contributed by atoms with van der Waals surface area (Å²) in [5.41, 5.74) is 0.209. The average molecular weight is 283 g/mol. The molecule has 2 fully saturated rings. The van der Waals surface area contributed by atoms with Gasteiger partial charge in [-0.1, -0.05) is 26.2 Å². The number of rotatable bonds is 7. The largest absolute Gasteiger partial charge is 0.377 e. The third-order valence-electron chi connectivity index (χ3n) is 5.24. The highest BCUT2D eigenvalue weighted by atomic mass is 16.5. The molecule has 1 saturated heterocycles. The fraction of sp³-hybridized carbons (Fsp3) is 1.00. The van der Waals surface area contributed by atoms with E-state index in [2.05, 4.69) is 26.2 Å². The first-order valence-corrected chi connectivity index (χ1v) is 8.67. The Morgan fingerprint density at radius 2 is 2.05 bits per heavy atom. The Bertz CT molecular complexity index is 270. The Hall–Kier alpha value is -0.120. The van der Waals surface area contributed by atoms with E-state index in [9.17, 15) is 0 Å². The molecule has 3 heteroatoms. The normalized spacial score (nSPS) is 28.6. The number of hydrogen-bond acceptors (Lipinski definition) is 3. The molecule has 3 atom stereocenters. The predicted octanol–water partition coefficient (Wildman–Crippen LogP) is 3.52. The summed E-state index contributed by atoms with van der Waals surface area (Å²) in [7, 11) is 2.10. The molecule has 0 amide bonds. The molecular weight excluding hydrogens is 250 g/mol. The molecule has 0 aromatic heterocycles. The molecule has 1 heterocycles. The van der Waals surface area contributed by atoms with E-state index >= 15 is 0 Å². The first-order valence-electron chi connectivity index (χ1n) is 8.67. The van der Waals surface area contributed by atoms with Crippen LogP contribution in [0.25, 0.3) is 0 Å². The van der Waals surface area contributed by atoms with E-state index in [-0.39, 0.29) is 5.60 Å². The van der Waals surface area contributed by atoms with Crippen LogP contribution >= 0.6 is 0 Å². The smallest absolute Gasteiger partial charge is 0.0730 e. The van der Waals surface area contributed by atoms with Crippen LogP contribution in [-0.2, 0) is 9.47 Å². The molecule has 2 rings (SSSR count). The zero-order valence-electron chi connectivity index (χ0n) is 13.6. The molecule has 3 nitrogen and oxygen atoms in total. The van der Waals surface area contributed by atoms with Crippen molar-refractivity contribution in [2.75, 3.05) is 20.3 Å². The van der Waals surface area contributed by atoms with Crippen LogP contribution in [0.5, 0.6) is 0 Å². The highest BCUT2D eigenvalue weighted by Gasteiger charge is 2.43. The minimum Gasteiger partial charge on any atom is -0.377 e. The van der Waals surface area contributed by atoms with Gasteiger partial charge in [0.15, 0.2) is 0 Å². The lowest BCUT2D eigenvalue weighted by Crippen LogP contribution is -2.50. The molecule has 1 N–H and O–H groups in total. The van der Waals surface area contributed by atoms with Gasteiger partial charge in [-0.3, -0.25) is 0 Å². The van der Waals surface area contributed by atoms with Crippen molar-refractivity contribution >= 4 is 0 Å². The maximum Gasteiger partial charge on any atom is 0.0730 e. The molecule has 20 heavy (non-hydrogen) atoms. The second kappa shape index (κ2) is 7.77. The molecule has 3 unspecified atom stereocenters. The fourth-order valence-corrected chi connectivity index (χ4v) is 4.33. The average Bonchev–Trinajstić information content (AvgIpc) is 2.88. The summed E-state index contributed by atoms with van der Waals surface area (Å²) in [6.07, 6.45) is 10.4. The van der Waals surface area contributed by atoms with Gasteiger partial charge in [0.25, 0.3) is 0 Å². The highest BCUT2D eigenvalue weighted by Crippen LogP contribution is 2.43. The summed E-state index contributed by atoms with van der Waals surface area (Å²) in [6, 6.07) is 0.483. The van der Waals surface area contributed by atoms with Gasteiger partial charge in [0.05, 0.1) is 11.7 Å². The molecule has 1 saturated carbocycles. The van der Waals surface area contributed by atoms with Crippen molar-refractivity contribution in [3.8, 4) is 0 Å². The molecule has 2 aliphatic rings. The van der Waals surface area contributed by atoms with Crippen molar-refractivity contribution in [3.05, 3.63) is 0 Å². The third-order valence-corrected chi connectivity index (χ3v) is 5.24. The van der Waals surface area contributed by atoms with Crippen LogP contribution in [0.4, 0.5) is 0 Å². The van der Waals surface area contributed by atoms with Crippen molar-refractivity contribution in [1.29, 1.82) is 0 Å². The minimum absolute atomic E-state index is 0.209. The van der Waals surface area contributed by atoms with Crippen LogP contribution in [0.3, 0.4) is 0 Å². The van der Waals surface area contributed by atoms with E-state index < -0.39 is 0 Å². The van der Waals surface area contributed by atoms with Gasteiger partial charge in [0, 0.05) is 19.3 Å². The predicted molar refractivity (Wildman–Crippen MR) is 83.0 cm³/mol. The number of ether oxygens (including phenoxy) is 2. The van der Waals surface area contributed by atoms with E-state index in [1.165, 1.54) is 44.9 Å². The Labute approximate surface area is 124 Å². The van der Waals surface area contributed by atoms with E-state index in [1.807, 2.05) is 0 Å². The van der Waals surface area contributed by atoms with Crippen molar-refractivity contribution in [3.63, 3.8) is 0 Å². The second-order valence-corrected chi connectivity index (χ2v) is 6.59. The topological polar surface area (TPSA) is 30.5 Å². The summed E-state index contributed by atoms with van der Waals surface area (Å²) in [6.45, 7) is 6.12. The first-order chi connectivity index (χ1) is 9.74. The SMILES string of the molecule is CCCC(OCC)C(NC)C1CCOC2(CCCC2)C1. The van der Waals surface area contributed by atoms with Gasteiger partial charge in [-0.15, -0.1) is 0 Å². The van der Waals surface area contributed by atoms with Crippen LogP contribution in [0.2, 0.25) is 0 Å². The van der Waals surface area contributed by atoms with Crippen LogP contribution in [0.15, 0.2) is 0 Å².